The highest BCUT2D eigenvalue weighted by atomic mass is 32.2. The van der Waals surface area contributed by atoms with E-state index in [-0.39, 0.29) is 17.2 Å². The molecule has 0 fully saturated rings. The predicted molar refractivity (Wildman–Crippen MR) is 83.1 cm³/mol. The van der Waals surface area contributed by atoms with Gasteiger partial charge in [0.2, 0.25) is 0 Å². The zero-order valence-corrected chi connectivity index (χ0v) is 12.9. The summed E-state index contributed by atoms with van der Waals surface area (Å²) in [5, 5.41) is 16.6. The van der Waals surface area contributed by atoms with E-state index in [1.54, 1.807) is 13.2 Å². The molecule has 1 aromatic rings. The quantitative estimate of drug-likeness (QED) is 0.430. The molecular weight excluding hydrogens is 294 g/mol. The highest BCUT2D eigenvalue weighted by Gasteiger charge is 2.17. The Hall–Kier alpha value is -1.96. The first-order chi connectivity index (χ1) is 9.95. The number of rotatable bonds is 8. The van der Waals surface area contributed by atoms with Crippen LogP contribution in [0.5, 0.6) is 0 Å². The predicted octanol–water partition coefficient (Wildman–Crippen LogP) is 1.53. The summed E-state index contributed by atoms with van der Waals surface area (Å²) in [5.74, 6) is 0.200. The van der Waals surface area contributed by atoms with Crippen LogP contribution in [0.4, 0.5) is 11.4 Å². The minimum atomic E-state index is -0.877. The Labute approximate surface area is 125 Å². The summed E-state index contributed by atoms with van der Waals surface area (Å²) in [6, 6.07) is 4.31. The molecule has 0 heterocycles. The molecule has 1 unspecified atom stereocenters. The zero-order valence-electron chi connectivity index (χ0n) is 12.0. The first-order valence-electron chi connectivity index (χ1n) is 6.56. The molecule has 2 N–H and O–H groups in total. The van der Waals surface area contributed by atoms with Crippen molar-refractivity contribution in [1.82, 2.24) is 5.32 Å². The van der Waals surface area contributed by atoms with Crippen LogP contribution in [-0.2, 0) is 10.8 Å². The van der Waals surface area contributed by atoms with Gasteiger partial charge in [-0.2, -0.15) is 0 Å². The topological polar surface area (TPSA) is 101 Å². The summed E-state index contributed by atoms with van der Waals surface area (Å²) in [6.45, 7) is 2.72. The first-order valence-corrected chi connectivity index (χ1v) is 8.29. The molecule has 116 valence electrons. The molecule has 0 saturated carbocycles. The Morgan fingerprint density at radius 3 is 2.71 bits per heavy atom. The van der Waals surface area contributed by atoms with Crippen LogP contribution in [-0.4, -0.2) is 40.1 Å². The van der Waals surface area contributed by atoms with Gasteiger partial charge in [-0.1, -0.05) is 0 Å². The molecule has 8 heteroatoms. The lowest BCUT2D eigenvalue weighted by Gasteiger charge is -2.08. The van der Waals surface area contributed by atoms with Gasteiger partial charge in [0, 0.05) is 47.5 Å². The van der Waals surface area contributed by atoms with Crippen LogP contribution in [0.25, 0.3) is 0 Å². The fourth-order valence-corrected chi connectivity index (χ4v) is 2.29. The van der Waals surface area contributed by atoms with E-state index in [2.05, 4.69) is 10.6 Å². The standard InChI is InChI=1S/C13H19N3O4S/c1-3-14-13(17)10-5-6-11(12(9-10)16(18)19)15-7-4-8-21(2)20/h5-6,9,15H,3-4,7-8H2,1-2H3,(H,14,17). The van der Waals surface area contributed by atoms with Crippen LogP contribution >= 0.6 is 0 Å². The van der Waals surface area contributed by atoms with Crippen molar-refractivity contribution in [1.29, 1.82) is 0 Å². The third-order valence-corrected chi connectivity index (χ3v) is 3.58. The minimum absolute atomic E-state index is 0.142. The van der Waals surface area contributed by atoms with Gasteiger partial charge >= 0.3 is 0 Å². The van der Waals surface area contributed by atoms with E-state index < -0.39 is 15.7 Å². The van der Waals surface area contributed by atoms with Gasteiger partial charge < -0.3 is 10.6 Å². The third kappa shape index (κ3) is 5.50. The maximum atomic E-state index is 11.7. The number of carbonyl (C=O) groups is 1. The molecule has 7 nitrogen and oxygen atoms in total. The van der Waals surface area contributed by atoms with Crippen molar-refractivity contribution in [3.05, 3.63) is 33.9 Å². The Balaban J connectivity index is 2.82. The first kappa shape index (κ1) is 17.1. The fraction of sp³-hybridized carbons (Fsp3) is 0.462. The second-order valence-electron chi connectivity index (χ2n) is 4.41. The Bertz CT molecular complexity index is 548. The van der Waals surface area contributed by atoms with Gasteiger partial charge in [0.05, 0.1) is 4.92 Å². The van der Waals surface area contributed by atoms with Crippen molar-refractivity contribution in [3.63, 3.8) is 0 Å². The van der Waals surface area contributed by atoms with Gasteiger partial charge in [-0.05, 0) is 25.5 Å². The normalized spacial score (nSPS) is 11.7. The van der Waals surface area contributed by atoms with E-state index in [1.165, 1.54) is 18.2 Å². The second kappa shape index (κ2) is 8.35. The molecule has 0 radical (unpaired) electrons. The summed E-state index contributed by atoms with van der Waals surface area (Å²) in [6.07, 6.45) is 2.27. The van der Waals surface area contributed by atoms with E-state index in [9.17, 15) is 19.1 Å². The highest BCUT2D eigenvalue weighted by molar-refractivity contribution is 7.84. The molecule has 0 aliphatic rings. The molecule has 1 aromatic carbocycles. The van der Waals surface area contributed by atoms with Gasteiger partial charge in [-0.25, -0.2) is 0 Å². The summed E-state index contributed by atoms with van der Waals surface area (Å²) in [7, 11) is -0.877. The summed E-state index contributed by atoms with van der Waals surface area (Å²) in [4.78, 5) is 22.2. The Morgan fingerprint density at radius 2 is 2.14 bits per heavy atom. The number of nitrogens with one attached hydrogen (secondary N) is 2. The molecule has 0 aliphatic heterocycles. The molecule has 1 rings (SSSR count). The van der Waals surface area contributed by atoms with Crippen LogP contribution in [0.2, 0.25) is 0 Å². The number of hydrogen-bond acceptors (Lipinski definition) is 5. The van der Waals surface area contributed by atoms with E-state index >= 15 is 0 Å². The lowest BCUT2D eigenvalue weighted by molar-refractivity contribution is -0.384. The monoisotopic (exact) mass is 313 g/mol. The maximum Gasteiger partial charge on any atom is 0.293 e. The van der Waals surface area contributed by atoms with Crippen molar-refractivity contribution in [2.24, 2.45) is 0 Å². The number of nitrogens with zero attached hydrogens (tertiary/aromatic N) is 1. The molecular formula is C13H19N3O4S. The third-order valence-electron chi connectivity index (χ3n) is 2.72. The van der Waals surface area contributed by atoms with Gasteiger partial charge in [0.15, 0.2) is 0 Å². The van der Waals surface area contributed by atoms with E-state index in [0.717, 1.165) is 0 Å². The molecule has 0 aliphatic carbocycles. The molecule has 0 aromatic heterocycles. The fourth-order valence-electron chi connectivity index (χ4n) is 1.73. The van der Waals surface area contributed by atoms with Crippen molar-refractivity contribution >= 4 is 28.1 Å². The SMILES string of the molecule is CCNC(=O)c1ccc(NCCCS(C)=O)c([N+](=O)[O-])c1. The molecule has 0 spiro atoms. The number of amides is 1. The Kier molecular flexibility index (Phi) is 6.80. The molecule has 0 saturated heterocycles. The largest absolute Gasteiger partial charge is 0.379 e. The Morgan fingerprint density at radius 1 is 1.43 bits per heavy atom. The number of benzene rings is 1. The van der Waals surface area contributed by atoms with Gasteiger partial charge in [-0.15, -0.1) is 0 Å². The van der Waals surface area contributed by atoms with Crippen LogP contribution in [0, 0.1) is 10.1 Å². The summed E-state index contributed by atoms with van der Waals surface area (Å²) < 4.78 is 10.9. The van der Waals surface area contributed by atoms with Gasteiger partial charge in [0.25, 0.3) is 11.6 Å². The maximum absolute atomic E-state index is 11.7. The lowest BCUT2D eigenvalue weighted by Crippen LogP contribution is -2.22. The number of anilines is 1. The second-order valence-corrected chi connectivity index (χ2v) is 5.96. The van der Waals surface area contributed by atoms with Gasteiger partial charge in [0.1, 0.15) is 5.69 Å². The molecule has 1 amide bonds. The molecule has 21 heavy (non-hydrogen) atoms. The van der Waals surface area contributed by atoms with E-state index in [4.69, 9.17) is 0 Å². The van der Waals surface area contributed by atoms with E-state index in [1.807, 2.05) is 0 Å². The zero-order chi connectivity index (χ0) is 15.8. The number of hydrogen-bond donors (Lipinski definition) is 2. The smallest absolute Gasteiger partial charge is 0.293 e. The average Bonchev–Trinajstić information content (AvgIpc) is 2.43. The van der Waals surface area contributed by atoms with Crippen LogP contribution < -0.4 is 10.6 Å². The van der Waals surface area contributed by atoms with Crippen LogP contribution in [0.15, 0.2) is 18.2 Å². The van der Waals surface area contributed by atoms with Crippen molar-refractivity contribution in [2.75, 3.05) is 30.4 Å². The van der Waals surface area contributed by atoms with E-state index in [0.29, 0.717) is 31.0 Å². The van der Waals surface area contributed by atoms with Crippen molar-refractivity contribution in [3.8, 4) is 0 Å². The van der Waals surface area contributed by atoms with Gasteiger partial charge in [-0.3, -0.25) is 19.1 Å². The number of nitro groups is 1. The highest BCUT2D eigenvalue weighted by Crippen LogP contribution is 2.25. The number of carbonyl (C=O) groups excluding carboxylic acids is 1. The van der Waals surface area contributed by atoms with Crippen LogP contribution in [0.1, 0.15) is 23.7 Å². The lowest BCUT2D eigenvalue weighted by atomic mass is 10.1. The van der Waals surface area contributed by atoms with Crippen molar-refractivity contribution < 1.29 is 13.9 Å². The molecule has 1 atom stereocenters. The number of nitro benzene ring substituents is 1. The average molecular weight is 313 g/mol. The minimum Gasteiger partial charge on any atom is -0.379 e. The summed E-state index contributed by atoms with van der Waals surface area (Å²) >= 11 is 0. The van der Waals surface area contributed by atoms with Crippen molar-refractivity contribution in [2.45, 2.75) is 13.3 Å². The summed E-state index contributed by atoms with van der Waals surface area (Å²) in [5.41, 5.74) is 0.468. The molecule has 0 bridgehead atoms. The van der Waals surface area contributed by atoms with Crippen LogP contribution in [0.3, 0.4) is 0 Å².